The quantitative estimate of drug-likeness (QED) is 0.850. The van der Waals surface area contributed by atoms with E-state index in [4.69, 9.17) is 12.2 Å². The molecule has 1 fully saturated rings. The van der Waals surface area contributed by atoms with E-state index in [0.717, 1.165) is 19.3 Å². The molecule has 1 unspecified atom stereocenters. The maximum atomic E-state index is 12.9. The van der Waals surface area contributed by atoms with Crippen molar-refractivity contribution >= 4 is 28.9 Å². The number of halogens is 1. The molecule has 1 amide bonds. The molecular weight excluding hydrogens is 251 g/mol. The summed E-state index contributed by atoms with van der Waals surface area (Å²) in [5, 5.41) is 3.41. The number of rotatable bonds is 4. The molecule has 1 N–H and O–H groups in total. The summed E-state index contributed by atoms with van der Waals surface area (Å²) in [7, 11) is 0. The van der Waals surface area contributed by atoms with Gasteiger partial charge in [-0.05, 0) is 42.9 Å². The molecule has 1 aliphatic rings. The van der Waals surface area contributed by atoms with Crippen molar-refractivity contribution in [2.24, 2.45) is 0 Å². The van der Waals surface area contributed by atoms with Crippen LogP contribution in [-0.4, -0.2) is 17.1 Å². The van der Waals surface area contributed by atoms with Crippen LogP contribution in [0.25, 0.3) is 0 Å². The Hall–Kier alpha value is -1.49. The van der Waals surface area contributed by atoms with Crippen LogP contribution in [0.2, 0.25) is 0 Å². The lowest BCUT2D eigenvalue weighted by molar-refractivity contribution is -0.118. The highest BCUT2D eigenvalue weighted by atomic mass is 32.1. The average molecular weight is 266 g/mol. The number of carbonyl (C=O) groups excluding carboxylic acids is 1. The first kappa shape index (κ1) is 13.0. The molecule has 0 spiro atoms. The Labute approximate surface area is 111 Å². The van der Waals surface area contributed by atoms with Gasteiger partial charge in [0, 0.05) is 0 Å². The Kier molecular flexibility index (Phi) is 3.91. The van der Waals surface area contributed by atoms with E-state index in [1.54, 1.807) is 12.1 Å². The number of hydrogen-bond acceptors (Lipinski definition) is 2. The van der Waals surface area contributed by atoms with Gasteiger partial charge in [-0.25, -0.2) is 4.39 Å². The normalized spacial score (nSPS) is 19.2. The Balaban J connectivity index is 2.16. The molecule has 1 atom stereocenters. The summed E-state index contributed by atoms with van der Waals surface area (Å²) in [4.78, 5) is 13.6. The van der Waals surface area contributed by atoms with E-state index in [-0.39, 0.29) is 17.8 Å². The van der Waals surface area contributed by atoms with E-state index in [1.807, 2.05) is 0 Å². The summed E-state index contributed by atoms with van der Waals surface area (Å²) >= 11 is 5.16. The zero-order chi connectivity index (χ0) is 13.1. The van der Waals surface area contributed by atoms with Gasteiger partial charge in [-0.3, -0.25) is 9.69 Å². The van der Waals surface area contributed by atoms with Gasteiger partial charge in [0.05, 0.1) is 5.69 Å². The Morgan fingerprint density at radius 2 is 2.06 bits per heavy atom. The second-order valence-corrected chi connectivity index (χ2v) is 4.68. The van der Waals surface area contributed by atoms with Gasteiger partial charge in [-0.2, -0.15) is 0 Å². The first-order chi connectivity index (χ1) is 8.63. The maximum absolute atomic E-state index is 12.9. The van der Waals surface area contributed by atoms with Crippen LogP contribution in [0.5, 0.6) is 0 Å². The van der Waals surface area contributed by atoms with Crippen molar-refractivity contribution in [1.29, 1.82) is 0 Å². The molecule has 1 saturated heterocycles. The number of benzene rings is 1. The third-order valence-corrected chi connectivity index (χ3v) is 3.25. The number of hydrogen-bond donors (Lipinski definition) is 1. The van der Waals surface area contributed by atoms with Gasteiger partial charge in [0.2, 0.25) is 0 Å². The van der Waals surface area contributed by atoms with Gasteiger partial charge in [-0.15, -0.1) is 0 Å². The standard InChI is InChI=1S/C13H15FN2OS/c1-2-3-4-11-12(17)16(13(18)15-11)10-7-5-9(14)6-8-10/h5-8,11H,2-4H2,1H3,(H,15,18). The fourth-order valence-corrected chi connectivity index (χ4v) is 2.31. The largest absolute Gasteiger partial charge is 0.350 e. The fraction of sp³-hybridized carbons (Fsp3) is 0.385. The van der Waals surface area contributed by atoms with Crippen LogP contribution in [0.3, 0.4) is 0 Å². The van der Waals surface area contributed by atoms with Crippen molar-refractivity contribution in [2.45, 2.75) is 32.2 Å². The summed E-state index contributed by atoms with van der Waals surface area (Å²) in [6, 6.07) is 5.52. The highest BCUT2D eigenvalue weighted by molar-refractivity contribution is 7.80. The zero-order valence-electron chi connectivity index (χ0n) is 10.1. The summed E-state index contributed by atoms with van der Waals surface area (Å²) in [6.45, 7) is 2.08. The minimum atomic E-state index is -0.327. The molecule has 0 saturated carbocycles. The van der Waals surface area contributed by atoms with Crippen LogP contribution in [0.4, 0.5) is 10.1 Å². The van der Waals surface area contributed by atoms with Gasteiger partial charge in [0.15, 0.2) is 5.11 Å². The van der Waals surface area contributed by atoms with E-state index in [0.29, 0.717) is 10.8 Å². The van der Waals surface area contributed by atoms with E-state index in [2.05, 4.69) is 12.2 Å². The summed E-state index contributed by atoms with van der Waals surface area (Å²) in [6.07, 6.45) is 2.78. The second kappa shape index (κ2) is 5.44. The van der Waals surface area contributed by atoms with Gasteiger partial charge < -0.3 is 5.32 Å². The highest BCUT2D eigenvalue weighted by Crippen LogP contribution is 2.21. The first-order valence-electron chi connectivity index (χ1n) is 6.03. The number of unbranched alkanes of at least 4 members (excludes halogenated alkanes) is 1. The smallest absolute Gasteiger partial charge is 0.255 e. The van der Waals surface area contributed by atoms with Crippen molar-refractivity contribution in [3.63, 3.8) is 0 Å². The van der Waals surface area contributed by atoms with E-state index >= 15 is 0 Å². The molecule has 0 aliphatic carbocycles. The molecule has 2 rings (SSSR count). The van der Waals surface area contributed by atoms with E-state index in [9.17, 15) is 9.18 Å². The predicted octanol–water partition coefficient (Wildman–Crippen LogP) is 2.61. The molecule has 1 heterocycles. The molecule has 0 bridgehead atoms. The third-order valence-electron chi connectivity index (χ3n) is 2.95. The minimum absolute atomic E-state index is 0.0555. The summed E-state index contributed by atoms with van der Waals surface area (Å²) in [5.74, 6) is -0.383. The number of anilines is 1. The lowest BCUT2D eigenvalue weighted by Crippen LogP contribution is -2.31. The van der Waals surface area contributed by atoms with Crippen LogP contribution in [-0.2, 0) is 4.79 Å². The van der Waals surface area contributed by atoms with Crippen molar-refractivity contribution in [1.82, 2.24) is 5.32 Å². The molecule has 1 aromatic rings. The van der Waals surface area contributed by atoms with E-state index in [1.165, 1.54) is 17.0 Å². The number of nitrogens with zero attached hydrogens (tertiary/aromatic N) is 1. The predicted molar refractivity (Wildman–Crippen MR) is 72.9 cm³/mol. The van der Waals surface area contributed by atoms with Gasteiger partial charge >= 0.3 is 0 Å². The molecule has 1 aliphatic heterocycles. The van der Waals surface area contributed by atoms with Crippen LogP contribution >= 0.6 is 12.2 Å². The SMILES string of the molecule is CCCCC1NC(=S)N(c2ccc(F)cc2)C1=O. The topological polar surface area (TPSA) is 32.3 Å². The number of carbonyl (C=O) groups is 1. The fourth-order valence-electron chi connectivity index (χ4n) is 1.97. The Morgan fingerprint density at radius 3 is 2.67 bits per heavy atom. The number of thiocarbonyl (C=S) groups is 1. The average Bonchev–Trinajstić information content (AvgIpc) is 2.63. The minimum Gasteiger partial charge on any atom is -0.350 e. The van der Waals surface area contributed by atoms with Crippen LogP contribution in [0.1, 0.15) is 26.2 Å². The third kappa shape index (κ3) is 2.51. The van der Waals surface area contributed by atoms with Crippen molar-refractivity contribution in [3.8, 4) is 0 Å². The van der Waals surface area contributed by atoms with E-state index < -0.39 is 0 Å². The van der Waals surface area contributed by atoms with Crippen molar-refractivity contribution in [2.75, 3.05) is 4.90 Å². The lowest BCUT2D eigenvalue weighted by atomic mass is 10.1. The maximum Gasteiger partial charge on any atom is 0.255 e. The lowest BCUT2D eigenvalue weighted by Gasteiger charge is -2.14. The van der Waals surface area contributed by atoms with Gasteiger partial charge in [-0.1, -0.05) is 19.8 Å². The first-order valence-corrected chi connectivity index (χ1v) is 6.44. The van der Waals surface area contributed by atoms with Crippen LogP contribution in [0.15, 0.2) is 24.3 Å². The molecule has 3 nitrogen and oxygen atoms in total. The summed E-state index contributed by atoms with van der Waals surface area (Å²) in [5.41, 5.74) is 0.609. The zero-order valence-corrected chi connectivity index (χ0v) is 11.0. The van der Waals surface area contributed by atoms with Crippen molar-refractivity contribution in [3.05, 3.63) is 30.1 Å². The molecular formula is C13H15FN2OS. The molecule has 5 heteroatoms. The number of amides is 1. The molecule has 1 aromatic carbocycles. The second-order valence-electron chi connectivity index (χ2n) is 4.29. The van der Waals surface area contributed by atoms with Crippen LogP contribution < -0.4 is 10.2 Å². The van der Waals surface area contributed by atoms with Crippen molar-refractivity contribution < 1.29 is 9.18 Å². The summed E-state index contributed by atoms with van der Waals surface area (Å²) < 4.78 is 12.9. The van der Waals surface area contributed by atoms with Gasteiger partial charge in [0.1, 0.15) is 11.9 Å². The number of nitrogens with one attached hydrogen (secondary N) is 1. The molecule has 18 heavy (non-hydrogen) atoms. The van der Waals surface area contributed by atoms with Crippen LogP contribution in [0, 0.1) is 5.82 Å². The monoisotopic (exact) mass is 266 g/mol. The Morgan fingerprint density at radius 1 is 1.39 bits per heavy atom. The molecule has 0 radical (unpaired) electrons. The Bertz CT molecular complexity index is 461. The van der Waals surface area contributed by atoms with Gasteiger partial charge in [0.25, 0.3) is 5.91 Å². The molecule has 0 aromatic heterocycles. The highest BCUT2D eigenvalue weighted by Gasteiger charge is 2.35. The molecule has 96 valence electrons.